The van der Waals surface area contributed by atoms with Crippen molar-refractivity contribution in [3.63, 3.8) is 0 Å². The number of rotatable bonds is 2. The number of para-hydroxylation sites is 1. The molecule has 0 aliphatic heterocycles. The van der Waals surface area contributed by atoms with Gasteiger partial charge in [0, 0.05) is 5.56 Å². The minimum atomic E-state index is 0.428. The molecule has 4 nitrogen and oxygen atoms in total. The molecule has 0 aliphatic carbocycles. The van der Waals surface area contributed by atoms with E-state index in [9.17, 15) is 0 Å². The van der Waals surface area contributed by atoms with Crippen molar-refractivity contribution in [2.24, 2.45) is 0 Å². The highest BCUT2D eigenvalue weighted by atomic mass is 16.5. The summed E-state index contributed by atoms with van der Waals surface area (Å²) in [6.07, 6.45) is 0. The maximum Gasteiger partial charge on any atom is 0.150 e. The highest BCUT2D eigenvalue weighted by Crippen LogP contribution is 2.31. The van der Waals surface area contributed by atoms with Crippen LogP contribution in [0.2, 0.25) is 0 Å². The minimum absolute atomic E-state index is 0.428. The van der Waals surface area contributed by atoms with Crippen LogP contribution in [0.1, 0.15) is 11.4 Å². The van der Waals surface area contributed by atoms with Gasteiger partial charge in [-0.2, -0.15) is 0 Å². The van der Waals surface area contributed by atoms with Gasteiger partial charge in [0.2, 0.25) is 0 Å². The van der Waals surface area contributed by atoms with Crippen LogP contribution in [0.4, 0.5) is 5.82 Å². The zero-order valence-electron chi connectivity index (χ0n) is 10.2. The van der Waals surface area contributed by atoms with Gasteiger partial charge in [0.25, 0.3) is 0 Å². The van der Waals surface area contributed by atoms with E-state index in [1.165, 1.54) is 0 Å². The van der Waals surface area contributed by atoms with Crippen LogP contribution in [0.25, 0.3) is 11.3 Å². The zero-order chi connectivity index (χ0) is 12.4. The number of aryl methyl sites for hydroxylation is 2. The number of anilines is 1. The molecular weight excluding hydrogens is 214 g/mol. The van der Waals surface area contributed by atoms with E-state index < -0.39 is 0 Å². The van der Waals surface area contributed by atoms with Gasteiger partial charge in [-0.1, -0.05) is 12.1 Å². The Balaban J connectivity index is 2.64. The molecule has 1 aromatic carbocycles. The molecule has 4 heteroatoms. The maximum absolute atomic E-state index is 5.92. The van der Waals surface area contributed by atoms with Gasteiger partial charge in [-0.05, 0) is 26.0 Å². The third kappa shape index (κ3) is 2.06. The molecule has 0 bridgehead atoms. The summed E-state index contributed by atoms with van der Waals surface area (Å²) >= 11 is 0. The number of nitrogens with two attached hydrogens (primary N) is 1. The van der Waals surface area contributed by atoms with Crippen LogP contribution in [0.3, 0.4) is 0 Å². The monoisotopic (exact) mass is 229 g/mol. The van der Waals surface area contributed by atoms with Crippen molar-refractivity contribution in [1.29, 1.82) is 0 Å². The molecule has 0 unspecified atom stereocenters. The van der Waals surface area contributed by atoms with Gasteiger partial charge >= 0.3 is 0 Å². The van der Waals surface area contributed by atoms with Crippen LogP contribution < -0.4 is 10.5 Å². The third-order valence-electron chi connectivity index (χ3n) is 2.70. The normalized spacial score (nSPS) is 10.3. The van der Waals surface area contributed by atoms with Crippen molar-refractivity contribution in [2.45, 2.75) is 13.8 Å². The summed E-state index contributed by atoms with van der Waals surface area (Å²) in [6.45, 7) is 3.81. The fourth-order valence-electron chi connectivity index (χ4n) is 1.66. The summed E-state index contributed by atoms with van der Waals surface area (Å²) in [4.78, 5) is 8.77. The molecule has 1 aromatic heterocycles. The van der Waals surface area contributed by atoms with Crippen LogP contribution in [-0.4, -0.2) is 17.1 Å². The molecule has 0 aliphatic rings. The predicted molar refractivity (Wildman–Crippen MR) is 67.9 cm³/mol. The first kappa shape index (κ1) is 11.4. The molecular formula is C13H15N3O. The number of benzene rings is 1. The molecule has 0 saturated heterocycles. The van der Waals surface area contributed by atoms with Gasteiger partial charge in [0.15, 0.2) is 0 Å². The van der Waals surface area contributed by atoms with Gasteiger partial charge in [0.05, 0.1) is 18.5 Å². The van der Waals surface area contributed by atoms with Gasteiger partial charge in [-0.3, -0.25) is 0 Å². The number of nitrogen functional groups attached to an aromatic ring is 1. The summed E-state index contributed by atoms with van der Waals surface area (Å²) in [6, 6.07) is 7.64. The molecule has 0 radical (unpaired) electrons. The SMILES string of the molecule is COc1ccccc1-c1nc(C)c(C)nc1N. The minimum Gasteiger partial charge on any atom is -0.496 e. The topological polar surface area (TPSA) is 61.0 Å². The zero-order valence-corrected chi connectivity index (χ0v) is 10.2. The first-order valence-corrected chi connectivity index (χ1v) is 5.37. The van der Waals surface area contributed by atoms with Crippen LogP contribution >= 0.6 is 0 Å². The lowest BCUT2D eigenvalue weighted by Gasteiger charge is -2.11. The Morgan fingerprint density at radius 2 is 1.71 bits per heavy atom. The van der Waals surface area contributed by atoms with Crippen molar-refractivity contribution < 1.29 is 4.74 Å². The number of aromatic nitrogens is 2. The van der Waals surface area contributed by atoms with E-state index in [0.29, 0.717) is 11.5 Å². The Kier molecular flexibility index (Phi) is 2.95. The highest BCUT2D eigenvalue weighted by molar-refractivity contribution is 5.75. The maximum atomic E-state index is 5.92. The molecule has 0 atom stereocenters. The second-order valence-electron chi connectivity index (χ2n) is 3.83. The van der Waals surface area contributed by atoms with E-state index in [1.807, 2.05) is 38.1 Å². The Hall–Kier alpha value is -2.10. The fourth-order valence-corrected chi connectivity index (χ4v) is 1.66. The van der Waals surface area contributed by atoms with Crippen molar-refractivity contribution in [3.05, 3.63) is 35.7 Å². The van der Waals surface area contributed by atoms with Crippen LogP contribution in [0.5, 0.6) is 5.75 Å². The van der Waals surface area contributed by atoms with Gasteiger partial charge in [0.1, 0.15) is 17.3 Å². The summed E-state index contributed by atoms with van der Waals surface area (Å²) in [7, 11) is 1.63. The largest absolute Gasteiger partial charge is 0.496 e. The second-order valence-corrected chi connectivity index (χ2v) is 3.83. The van der Waals surface area contributed by atoms with E-state index in [2.05, 4.69) is 9.97 Å². The van der Waals surface area contributed by atoms with Crippen LogP contribution in [-0.2, 0) is 0 Å². The molecule has 1 heterocycles. The summed E-state index contributed by atoms with van der Waals surface area (Å²) < 4.78 is 5.30. The molecule has 0 saturated carbocycles. The lowest BCUT2D eigenvalue weighted by molar-refractivity contribution is 0.416. The molecule has 2 N–H and O–H groups in total. The number of hydrogen-bond donors (Lipinski definition) is 1. The van der Waals surface area contributed by atoms with Crippen molar-refractivity contribution in [3.8, 4) is 17.0 Å². The van der Waals surface area contributed by atoms with E-state index in [4.69, 9.17) is 10.5 Å². The highest BCUT2D eigenvalue weighted by Gasteiger charge is 2.12. The lowest BCUT2D eigenvalue weighted by atomic mass is 10.1. The second kappa shape index (κ2) is 4.41. The van der Waals surface area contributed by atoms with E-state index >= 15 is 0 Å². The summed E-state index contributed by atoms with van der Waals surface area (Å²) in [5.74, 6) is 1.18. The molecule has 2 aromatic rings. The fraction of sp³-hybridized carbons (Fsp3) is 0.231. The van der Waals surface area contributed by atoms with Crippen molar-refractivity contribution in [1.82, 2.24) is 9.97 Å². The predicted octanol–water partition coefficient (Wildman–Crippen LogP) is 2.35. The Morgan fingerprint density at radius 1 is 1.06 bits per heavy atom. The van der Waals surface area contributed by atoms with E-state index in [-0.39, 0.29) is 0 Å². The number of nitrogens with zero attached hydrogens (tertiary/aromatic N) is 2. The van der Waals surface area contributed by atoms with Crippen molar-refractivity contribution >= 4 is 5.82 Å². The standard InChI is InChI=1S/C13H15N3O/c1-8-9(2)16-13(14)12(15-8)10-6-4-5-7-11(10)17-3/h4-7H,1-3H3,(H2,14,16). The number of methoxy groups -OCH3 is 1. The first-order valence-electron chi connectivity index (χ1n) is 5.37. The van der Waals surface area contributed by atoms with E-state index in [0.717, 1.165) is 22.7 Å². The quantitative estimate of drug-likeness (QED) is 0.858. The average molecular weight is 229 g/mol. The van der Waals surface area contributed by atoms with Gasteiger partial charge in [-0.25, -0.2) is 9.97 Å². The molecule has 0 spiro atoms. The lowest BCUT2D eigenvalue weighted by Crippen LogP contribution is -2.03. The number of ether oxygens (including phenoxy) is 1. The van der Waals surface area contributed by atoms with Crippen LogP contribution in [0, 0.1) is 13.8 Å². The molecule has 0 amide bonds. The van der Waals surface area contributed by atoms with Crippen molar-refractivity contribution in [2.75, 3.05) is 12.8 Å². The molecule has 88 valence electrons. The smallest absolute Gasteiger partial charge is 0.150 e. The van der Waals surface area contributed by atoms with E-state index in [1.54, 1.807) is 7.11 Å². The Labute approximate surface area is 100 Å². The summed E-state index contributed by atoms with van der Waals surface area (Å²) in [5, 5.41) is 0. The Morgan fingerprint density at radius 3 is 2.41 bits per heavy atom. The first-order chi connectivity index (χ1) is 8.13. The molecule has 2 rings (SSSR count). The molecule has 17 heavy (non-hydrogen) atoms. The van der Waals surface area contributed by atoms with Gasteiger partial charge < -0.3 is 10.5 Å². The van der Waals surface area contributed by atoms with Gasteiger partial charge in [-0.15, -0.1) is 0 Å². The number of hydrogen-bond acceptors (Lipinski definition) is 4. The van der Waals surface area contributed by atoms with Crippen LogP contribution in [0.15, 0.2) is 24.3 Å². The summed E-state index contributed by atoms with van der Waals surface area (Å²) in [5.41, 5.74) is 9.18. The average Bonchev–Trinajstić information content (AvgIpc) is 2.34. The third-order valence-corrected chi connectivity index (χ3v) is 2.70. The molecule has 0 fully saturated rings. The Bertz CT molecular complexity index is 552.